The second-order valence-electron chi connectivity index (χ2n) is 8.20. The van der Waals surface area contributed by atoms with Crippen LogP contribution in [0.25, 0.3) is 11.1 Å². The van der Waals surface area contributed by atoms with Gasteiger partial charge in [-0.05, 0) is 62.4 Å². The van der Waals surface area contributed by atoms with Gasteiger partial charge in [-0.15, -0.1) is 0 Å². The van der Waals surface area contributed by atoms with E-state index in [2.05, 4.69) is 67.9 Å². The number of halogens is 1. The van der Waals surface area contributed by atoms with E-state index in [1.807, 2.05) is 12.1 Å². The zero-order chi connectivity index (χ0) is 18.2. The Labute approximate surface area is 159 Å². The van der Waals surface area contributed by atoms with E-state index < -0.39 is 0 Å². The number of ether oxygens (including phenoxy) is 2. The van der Waals surface area contributed by atoms with Crippen molar-refractivity contribution in [2.24, 2.45) is 0 Å². The monoisotopic (exact) mass is 402 g/mol. The number of hydrogen-bond acceptors (Lipinski definition) is 2. The Hall–Kier alpha value is -1.32. The Morgan fingerprint density at radius 3 is 2.32 bits per heavy atom. The highest BCUT2D eigenvalue weighted by Gasteiger charge is 2.37. The van der Waals surface area contributed by atoms with Crippen LogP contribution in [0.4, 0.5) is 0 Å². The van der Waals surface area contributed by atoms with Crippen LogP contribution in [-0.4, -0.2) is 13.9 Å². The molecule has 0 aliphatic heterocycles. The third-order valence-corrected chi connectivity index (χ3v) is 6.08. The van der Waals surface area contributed by atoms with E-state index in [9.17, 15) is 0 Å². The van der Waals surface area contributed by atoms with Gasteiger partial charge in [-0.25, -0.2) is 0 Å². The predicted octanol–water partition coefficient (Wildman–Crippen LogP) is 6.45. The smallest absolute Gasteiger partial charge is 0.188 e. The number of para-hydroxylation sites is 1. The highest BCUT2D eigenvalue weighted by atomic mass is 79.9. The van der Waals surface area contributed by atoms with Gasteiger partial charge in [0.25, 0.3) is 0 Å². The van der Waals surface area contributed by atoms with Gasteiger partial charge in [0.05, 0.1) is 4.47 Å². The molecule has 0 bridgehead atoms. The maximum atomic E-state index is 5.84. The largest absolute Gasteiger partial charge is 0.466 e. The molecule has 0 saturated heterocycles. The first-order valence-electron chi connectivity index (χ1n) is 8.82. The minimum Gasteiger partial charge on any atom is -0.466 e. The van der Waals surface area contributed by atoms with E-state index in [0.29, 0.717) is 0 Å². The molecule has 2 aromatic rings. The maximum absolute atomic E-state index is 5.84. The Bertz CT molecular complexity index is 778. The van der Waals surface area contributed by atoms with E-state index in [0.717, 1.165) is 15.8 Å². The van der Waals surface area contributed by atoms with E-state index in [4.69, 9.17) is 9.47 Å². The lowest BCUT2D eigenvalue weighted by atomic mass is 9.63. The van der Waals surface area contributed by atoms with Crippen LogP contribution in [-0.2, 0) is 15.6 Å². The van der Waals surface area contributed by atoms with Crippen molar-refractivity contribution in [2.75, 3.05) is 13.9 Å². The fourth-order valence-corrected chi connectivity index (χ4v) is 4.24. The van der Waals surface area contributed by atoms with Crippen LogP contribution in [0.2, 0.25) is 0 Å². The van der Waals surface area contributed by atoms with Crippen molar-refractivity contribution in [1.82, 2.24) is 0 Å². The predicted molar refractivity (Wildman–Crippen MR) is 107 cm³/mol. The summed E-state index contributed by atoms with van der Waals surface area (Å²) in [5, 5.41) is 0. The molecule has 0 saturated carbocycles. The molecule has 0 aromatic heterocycles. The van der Waals surface area contributed by atoms with Crippen molar-refractivity contribution in [3.05, 3.63) is 52.0 Å². The third-order valence-electron chi connectivity index (χ3n) is 5.45. The molecule has 0 fully saturated rings. The van der Waals surface area contributed by atoms with Gasteiger partial charge >= 0.3 is 0 Å². The zero-order valence-corrected chi connectivity index (χ0v) is 17.4. The number of fused-ring (bicyclic) bond motifs is 1. The van der Waals surface area contributed by atoms with E-state index in [1.165, 1.54) is 29.5 Å². The first kappa shape index (κ1) is 18.5. The van der Waals surface area contributed by atoms with Crippen molar-refractivity contribution >= 4 is 15.9 Å². The molecule has 0 atom stereocenters. The number of benzene rings is 2. The molecule has 0 unspecified atom stereocenters. The molecule has 1 aliphatic rings. The van der Waals surface area contributed by atoms with Crippen LogP contribution in [0.5, 0.6) is 5.75 Å². The molecule has 0 spiro atoms. The summed E-state index contributed by atoms with van der Waals surface area (Å²) in [5.74, 6) is 0.831. The molecule has 0 radical (unpaired) electrons. The van der Waals surface area contributed by atoms with E-state index in [-0.39, 0.29) is 17.6 Å². The van der Waals surface area contributed by atoms with Crippen molar-refractivity contribution in [3.8, 4) is 16.9 Å². The molecule has 3 rings (SSSR count). The zero-order valence-electron chi connectivity index (χ0n) is 15.8. The fraction of sp³-hybridized carbons (Fsp3) is 0.455. The van der Waals surface area contributed by atoms with Crippen LogP contribution in [0.3, 0.4) is 0 Å². The average molecular weight is 403 g/mol. The van der Waals surface area contributed by atoms with Crippen LogP contribution in [0.15, 0.2) is 40.9 Å². The lowest BCUT2D eigenvalue weighted by Crippen LogP contribution is -2.33. The number of rotatable bonds is 4. The molecule has 2 nitrogen and oxygen atoms in total. The minimum absolute atomic E-state index is 0.195. The summed E-state index contributed by atoms with van der Waals surface area (Å²) in [6, 6.07) is 13.1. The Morgan fingerprint density at radius 1 is 0.960 bits per heavy atom. The highest BCUT2D eigenvalue weighted by Crippen LogP contribution is 2.47. The molecule has 0 heterocycles. The van der Waals surface area contributed by atoms with Crippen LogP contribution in [0, 0.1) is 0 Å². The highest BCUT2D eigenvalue weighted by molar-refractivity contribution is 9.10. The lowest BCUT2D eigenvalue weighted by Gasteiger charge is -2.42. The normalized spacial score (nSPS) is 17.8. The quantitative estimate of drug-likeness (QED) is 0.547. The SMILES string of the molecule is COCOc1c(Br)cccc1-c1ccc2c(c1)C(C)(C)CCC2(C)C. The second-order valence-corrected chi connectivity index (χ2v) is 9.05. The van der Waals surface area contributed by atoms with Crippen molar-refractivity contribution in [3.63, 3.8) is 0 Å². The summed E-state index contributed by atoms with van der Waals surface area (Å²) in [7, 11) is 1.64. The summed E-state index contributed by atoms with van der Waals surface area (Å²) in [6.45, 7) is 9.65. The molecule has 2 aromatic carbocycles. The lowest BCUT2D eigenvalue weighted by molar-refractivity contribution is 0.0510. The first-order chi connectivity index (χ1) is 11.8. The van der Waals surface area contributed by atoms with E-state index in [1.54, 1.807) is 7.11 Å². The van der Waals surface area contributed by atoms with Crippen LogP contribution >= 0.6 is 15.9 Å². The van der Waals surface area contributed by atoms with Gasteiger partial charge in [-0.2, -0.15) is 0 Å². The molecule has 1 aliphatic carbocycles. The van der Waals surface area contributed by atoms with Crippen molar-refractivity contribution in [1.29, 1.82) is 0 Å². The molecule has 25 heavy (non-hydrogen) atoms. The summed E-state index contributed by atoms with van der Waals surface area (Å²) in [4.78, 5) is 0. The second kappa shape index (κ2) is 6.77. The van der Waals surface area contributed by atoms with Gasteiger partial charge in [0.1, 0.15) is 5.75 Å². The first-order valence-corrected chi connectivity index (χ1v) is 9.61. The van der Waals surface area contributed by atoms with E-state index >= 15 is 0 Å². The van der Waals surface area contributed by atoms with Gasteiger partial charge in [0.15, 0.2) is 6.79 Å². The molecular weight excluding hydrogens is 376 g/mol. The molecule has 0 amide bonds. The van der Waals surface area contributed by atoms with Crippen molar-refractivity contribution < 1.29 is 9.47 Å². The number of methoxy groups -OCH3 is 1. The average Bonchev–Trinajstić information content (AvgIpc) is 2.57. The Balaban J connectivity index is 2.13. The standard InChI is InChI=1S/C22H27BrO2/c1-21(2)11-12-22(3,4)18-13-15(9-10-17(18)21)16-7-6-8-19(23)20(16)25-14-24-5/h6-10,13H,11-12,14H2,1-5H3. The van der Waals surface area contributed by atoms with Gasteiger partial charge in [-0.3, -0.25) is 0 Å². The Kier molecular flexibility index (Phi) is 5.00. The number of hydrogen-bond donors (Lipinski definition) is 0. The molecule has 134 valence electrons. The summed E-state index contributed by atoms with van der Waals surface area (Å²) in [5.41, 5.74) is 5.64. The van der Waals surface area contributed by atoms with Gasteiger partial charge < -0.3 is 9.47 Å². The minimum atomic E-state index is 0.195. The summed E-state index contributed by atoms with van der Waals surface area (Å²) < 4.78 is 11.9. The van der Waals surface area contributed by atoms with Gasteiger partial charge in [0, 0.05) is 12.7 Å². The fourth-order valence-electron chi connectivity index (χ4n) is 3.76. The topological polar surface area (TPSA) is 18.5 Å². The summed E-state index contributed by atoms with van der Waals surface area (Å²) in [6.07, 6.45) is 2.44. The van der Waals surface area contributed by atoms with Gasteiger partial charge in [0.2, 0.25) is 0 Å². The molecular formula is C22H27BrO2. The third kappa shape index (κ3) is 3.50. The Morgan fingerprint density at radius 2 is 1.64 bits per heavy atom. The summed E-state index contributed by atoms with van der Waals surface area (Å²) >= 11 is 3.61. The van der Waals surface area contributed by atoms with Crippen molar-refractivity contribution in [2.45, 2.75) is 51.4 Å². The molecule has 3 heteroatoms. The van der Waals surface area contributed by atoms with Crippen LogP contribution in [0.1, 0.15) is 51.7 Å². The maximum Gasteiger partial charge on any atom is 0.188 e. The molecule has 0 N–H and O–H groups in total. The van der Waals surface area contributed by atoms with Crippen LogP contribution < -0.4 is 4.74 Å². The van der Waals surface area contributed by atoms with Gasteiger partial charge in [-0.1, -0.05) is 58.0 Å².